The van der Waals surface area contributed by atoms with Gasteiger partial charge in [0.1, 0.15) is 24.4 Å². The SMILES string of the molecule is NCC[C@H](O)C(=O)NC1CC(N)C(OC2OC(CN)CCC2N)C(O)C1O. The summed E-state index contributed by atoms with van der Waals surface area (Å²) in [5, 5.41) is 33.0. The van der Waals surface area contributed by atoms with E-state index in [1.807, 2.05) is 0 Å². The van der Waals surface area contributed by atoms with Crippen LogP contribution < -0.4 is 28.3 Å². The Balaban J connectivity index is 1.97. The number of aliphatic hydroxyl groups is 3. The van der Waals surface area contributed by atoms with Crippen LogP contribution in [0, 0.1) is 0 Å². The van der Waals surface area contributed by atoms with E-state index in [0.29, 0.717) is 13.0 Å². The Bertz CT molecular complexity index is 486. The van der Waals surface area contributed by atoms with E-state index < -0.39 is 54.7 Å². The van der Waals surface area contributed by atoms with E-state index in [0.717, 1.165) is 6.42 Å². The van der Waals surface area contributed by atoms with Gasteiger partial charge in [-0.2, -0.15) is 0 Å². The minimum atomic E-state index is -1.36. The molecule has 1 heterocycles. The van der Waals surface area contributed by atoms with Crippen LogP contribution in [0.15, 0.2) is 0 Å². The molecule has 0 radical (unpaired) electrons. The molecular formula is C16H33N5O6. The van der Waals surface area contributed by atoms with Gasteiger partial charge in [0.15, 0.2) is 6.29 Å². The molecule has 158 valence electrons. The number of nitrogens with one attached hydrogen (secondary N) is 1. The molecule has 11 heteroatoms. The van der Waals surface area contributed by atoms with Gasteiger partial charge in [-0.15, -0.1) is 0 Å². The molecule has 1 aliphatic heterocycles. The van der Waals surface area contributed by atoms with E-state index >= 15 is 0 Å². The van der Waals surface area contributed by atoms with Gasteiger partial charge >= 0.3 is 0 Å². The second-order valence-corrected chi connectivity index (χ2v) is 7.29. The first kappa shape index (κ1) is 22.4. The number of amides is 1. The summed E-state index contributed by atoms with van der Waals surface area (Å²) in [4.78, 5) is 11.9. The first-order chi connectivity index (χ1) is 12.8. The Morgan fingerprint density at radius 3 is 2.52 bits per heavy atom. The number of carbonyl (C=O) groups excluding carboxylic acids is 1. The predicted molar refractivity (Wildman–Crippen MR) is 96.0 cm³/mol. The minimum Gasteiger partial charge on any atom is -0.388 e. The fraction of sp³-hybridized carbons (Fsp3) is 0.938. The fourth-order valence-corrected chi connectivity index (χ4v) is 3.48. The summed E-state index contributed by atoms with van der Waals surface area (Å²) >= 11 is 0. The molecule has 9 atom stereocenters. The quantitative estimate of drug-likeness (QED) is 0.209. The molecule has 0 aromatic rings. The summed E-state index contributed by atoms with van der Waals surface area (Å²) in [6, 6.07) is -1.91. The van der Waals surface area contributed by atoms with Crippen LogP contribution in [0.3, 0.4) is 0 Å². The molecule has 12 N–H and O–H groups in total. The van der Waals surface area contributed by atoms with E-state index in [1.165, 1.54) is 0 Å². The van der Waals surface area contributed by atoms with Crippen LogP contribution in [0.25, 0.3) is 0 Å². The summed E-state index contributed by atoms with van der Waals surface area (Å²) in [5.74, 6) is -0.674. The zero-order valence-corrected chi connectivity index (χ0v) is 15.3. The maximum atomic E-state index is 11.9. The van der Waals surface area contributed by atoms with E-state index in [1.54, 1.807) is 0 Å². The number of aliphatic hydroxyl groups excluding tert-OH is 3. The van der Waals surface area contributed by atoms with Crippen LogP contribution in [-0.2, 0) is 14.3 Å². The molecule has 11 nitrogen and oxygen atoms in total. The average molecular weight is 391 g/mol. The molecule has 1 saturated carbocycles. The van der Waals surface area contributed by atoms with Crippen molar-refractivity contribution >= 4 is 5.91 Å². The first-order valence-electron chi connectivity index (χ1n) is 9.35. The van der Waals surface area contributed by atoms with Crippen molar-refractivity contribution in [3.05, 3.63) is 0 Å². The van der Waals surface area contributed by atoms with E-state index in [-0.39, 0.29) is 25.5 Å². The molecule has 1 amide bonds. The van der Waals surface area contributed by atoms with Crippen LogP contribution in [-0.4, -0.2) is 89.3 Å². The van der Waals surface area contributed by atoms with Gasteiger partial charge in [0, 0.05) is 12.6 Å². The van der Waals surface area contributed by atoms with Crippen molar-refractivity contribution in [2.24, 2.45) is 22.9 Å². The zero-order valence-electron chi connectivity index (χ0n) is 15.3. The highest BCUT2D eigenvalue weighted by Crippen LogP contribution is 2.27. The maximum absolute atomic E-state index is 11.9. The van der Waals surface area contributed by atoms with E-state index in [4.69, 9.17) is 32.4 Å². The molecule has 2 aliphatic rings. The smallest absolute Gasteiger partial charge is 0.249 e. The van der Waals surface area contributed by atoms with Crippen LogP contribution in [0.2, 0.25) is 0 Å². The summed E-state index contributed by atoms with van der Waals surface area (Å²) in [6.07, 6.45) is -4.26. The maximum Gasteiger partial charge on any atom is 0.249 e. The number of hydrogen-bond acceptors (Lipinski definition) is 10. The molecule has 0 spiro atoms. The molecule has 27 heavy (non-hydrogen) atoms. The number of nitrogens with two attached hydrogens (primary N) is 4. The monoisotopic (exact) mass is 391 g/mol. The van der Waals surface area contributed by atoms with Crippen LogP contribution in [0.4, 0.5) is 0 Å². The van der Waals surface area contributed by atoms with Crippen molar-refractivity contribution in [2.75, 3.05) is 13.1 Å². The third-order valence-corrected chi connectivity index (χ3v) is 5.17. The molecule has 1 saturated heterocycles. The molecule has 0 aromatic heterocycles. The molecule has 2 rings (SSSR count). The Hall–Kier alpha value is -0.890. The van der Waals surface area contributed by atoms with Crippen LogP contribution >= 0.6 is 0 Å². The summed E-state index contributed by atoms with van der Waals surface area (Å²) in [7, 11) is 0. The van der Waals surface area contributed by atoms with Gasteiger partial charge in [0.05, 0.1) is 18.2 Å². The number of carbonyl (C=O) groups is 1. The molecule has 8 unspecified atom stereocenters. The molecule has 1 aliphatic carbocycles. The lowest BCUT2D eigenvalue weighted by Crippen LogP contribution is -2.65. The van der Waals surface area contributed by atoms with Crippen molar-refractivity contribution in [2.45, 2.75) is 80.6 Å². The number of ether oxygens (including phenoxy) is 2. The van der Waals surface area contributed by atoms with Gasteiger partial charge < -0.3 is 53.0 Å². The summed E-state index contributed by atoms with van der Waals surface area (Å²) < 4.78 is 11.5. The lowest BCUT2D eigenvalue weighted by molar-refractivity contribution is -0.252. The highest BCUT2D eigenvalue weighted by molar-refractivity contribution is 5.80. The second-order valence-electron chi connectivity index (χ2n) is 7.29. The first-order valence-corrected chi connectivity index (χ1v) is 9.35. The van der Waals surface area contributed by atoms with Gasteiger partial charge in [0.25, 0.3) is 0 Å². The van der Waals surface area contributed by atoms with E-state index in [2.05, 4.69) is 5.32 Å². The highest BCUT2D eigenvalue weighted by Gasteiger charge is 2.45. The van der Waals surface area contributed by atoms with Crippen LogP contribution in [0.5, 0.6) is 0 Å². The largest absolute Gasteiger partial charge is 0.388 e. The Labute approximate surface area is 158 Å². The van der Waals surface area contributed by atoms with Crippen molar-refractivity contribution in [3.63, 3.8) is 0 Å². The van der Waals surface area contributed by atoms with Gasteiger partial charge in [-0.25, -0.2) is 0 Å². The lowest BCUT2D eigenvalue weighted by atomic mass is 9.84. The Morgan fingerprint density at radius 1 is 1.19 bits per heavy atom. The minimum absolute atomic E-state index is 0.0915. The third kappa shape index (κ3) is 5.56. The van der Waals surface area contributed by atoms with Gasteiger partial charge in [-0.05, 0) is 32.2 Å². The Morgan fingerprint density at radius 2 is 1.89 bits per heavy atom. The van der Waals surface area contributed by atoms with Gasteiger partial charge in [0.2, 0.25) is 5.91 Å². The number of rotatable bonds is 7. The predicted octanol–water partition coefficient (Wildman–Crippen LogP) is -4.19. The summed E-state index contributed by atoms with van der Waals surface area (Å²) in [5.41, 5.74) is 23.1. The highest BCUT2D eigenvalue weighted by atomic mass is 16.7. The average Bonchev–Trinajstić information content (AvgIpc) is 2.64. The zero-order chi connectivity index (χ0) is 20.1. The Kier molecular flexibility index (Phi) is 8.34. The topological polar surface area (TPSA) is 212 Å². The van der Waals surface area contributed by atoms with Crippen molar-refractivity contribution in [1.82, 2.24) is 5.32 Å². The molecule has 0 bridgehead atoms. The lowest BCUT2D eigenvalue weighted by Gasteiger charge is -2.44. The van der Waals surface area contributed by atoms with Crippen molar-refractivity contribution < 1.29 is 29.6 Å². The van der Waals surface area contributed by atoms with Crippen molar-refractivity contribution in [1.29, 1.82) is 0 Å². The molecule has 0 aromatic carbocycles. The van der Waals surface area contributed by atoms with Gasteiger partial charge in [-0.3, -0.25) is 4.79 Å². The van der Waals surface area contributed by atoms with Crippen molar-refractivity contribution in [3.8, 4) is 0 Å². The van der Waals surface area contributed by atoms with Gasteiger partial charge in [-0.1, -0.05) is 0 Å². The van der Waals surface area contributed by atoms with Crippen LogP contribution in [0.1, 0.15) is 25.7 Å². The fourth-order valence-electron chi connectivity index (χ4n) is 3.48. The molecule has 2 fully saturated rings. The molecular weight excluding hydrogens is 358 g/mol. The standard InChI is InChI=1S/C16H33N5O6/c17-4-3-11(22)15(25)21-10-5-9(20)14(13(24)12(10)23)27-16-8(19)2-1-7(6-18)26-16/h7-14,16,22-24H,1-6,17-20H2,(H,21,25)/t7?,8?,9?,10?,11-,12?,13?,14?,16?/m0/s1. The summed E-state index contributed by atoms with van der Waals surface area (Å²) in [6.45, 7) is 0.471. The normalized spacial score (nSPS) is 41.1. The third-order valence-electron chi connectivity index (χ3n) is 5.17. The van der Waals surface area contributed by atoms with E-state index in [9.17, 15) is 20.1 Å². The number of hydrogen-bond donors (Lipinski definition) is 8. The second kappa shape index (κ2) is 10.0.